The molecule has 23 heavy (non-hydrogen) atoms. The molecule has 0 aliphatic carbocycles. The molecule has 0 fully saturated rings. The number of hydrogen-bond acceptors (Lipinski definition) is 5. The molecule has 0 saturated carbocycles. The Labute approximate surface area is 134 Å². The van der Waals surface area contributed by atoms with Crippen molar-refractivity contribution in [1.29, 1.82) is 0 Å². The largest absolute Gasteiger partial charge is 0.462 e. The van der Waals surface area contributed by atoms with Crippen molar-refractivity contribution < 1.29 is 9.53 Å². The molecule has 1 aromatic carbocycles. The van der Waals surface area contributed by atoms with Gasteiger partial charge in [0, 0.05) is 26.5 Å². The van der Waals surface area contributed by atoms with Crippen LogP contribution in [0.4, 0.5) is 0 Å². The van der Waals surface area contributed by atoms with Crippen LogP contribution in [0.3, 0.4) is 0 Å². The van der Waals surface area contributed by atoms with E-state index in [4.69, 9.17) is 4.74 Å². The minimum Gasteiger partial charge on any atom is -0.462 e. The van der Waals surface area contributed by atoms with Crippen molar-refractivity contribution in [1.82, 2.24) is 19.3 Å². The SMILES string of the molecule is CCOC(=O)c1cnc2nc3ccccc3n2c1C=CN(C)C. The first kappa shape index (κ1) is 15.0. The number of hydrogen-bond donors (Lipinski definition) is 0. The van der Waals surface area contributed by atoms with Gasteiger partial charge >= 0.3 is 5.97 Å². The molecule has 0 saturated heterocycles. The molecule has 0 bridgehead atoms. The highest BCUT2D eigenvalue weighted by Gasteiger charge is 2.17. The number of esters is 1. The van der Waals surface area contributed by atoms with E-state index >= 15 is 0 Å². The van der Waals surface area contributed by atoms with Crippen molar-refractivity contribution in [2.24, 2.45) is 0 Å². The standard InChI is InChI=1S/C17H18N4O2/c1-4-23-16(22)12-11-18-17-19-13-7-5-6-8-15(13)21(17)14(12)9-10-20(2)3/h5-11H,4H2,1-3H3. The molecule has 2 heterocycles. The Morgan fingerprint density at radius 1 is 1.35 bits per heavy atom. The monoisotopic (exact) mass is 310 g/mol. The van der Waals surface area contributed by atoms with E-state index in [1.54, 1.807) is 6.92 Å². The molecule has 6 nitrogen and oxygen atoms in total. The molecule has 118 valence electrons. The van der Waals surface area contributed by atoms with Crippen LogP contribution in [-0.4, -0.2) is 45.9 Å². The van der Waals surface area contributed by atoms with Crippen LogP contribution in [-0.2, 0) is 4.74 Å². The maximum Gasteiger partial charge on any atom is 0.341 e. The Morgan fingerprint density at radius 3 is 2.87 bits per heavy atom. The lowest BCUT2D eigenvalue weighted by molar-refractivity contribution is 0.0525. The van der Waals surface area contributed by atoms with E-state index in [-0.39, 0.29) is 0 Å². The Morgan fingerprint density at radius 2 is 2.13 bits per heavy atom. The number of ether oxygens (including phenoxy) is 1. The number of para-hydroxylation sites is 2. The second-order valence-electron chi connectivity index (χ2n) is 5.29. The third kappa shape index (κ3) is 2.75. The minimum atomic E-state index is -0.391. The molecule has 0 atom stereocenters. The van der Waals surface area contributed by atoms with Gasteiger partial charge in [0.15, 0.2) is 0 Å². The molecule has 0 unspecified atom stereocenters. The molecule has 0 N–H and O–H groups in total. The van der Waals surface area contributed by atoms with Crippen molar-refractivity contribution in [3.8, 4) is 0 Å². The van der Waals surface area contributed by atoms with Gasteiger partial charge in [-0.2, -0.15) is 0 Å². The summed E-state index contributed by atoms with van der Waals surface area (Å²) in [7, 11) is 3.84. The summed E-state index contributed by atoms with van der Waals surface area (Å²) in [5.74, 6) is 0.163. The van der Waals surface area contributed by atoms with Crippen LogP contribution in [0.15, 0.2) is 36.7 Å². The highest BCUT2D eigenvalue weighted by Crippen LogP contribution is 2.21. The Balaban J connectivity index is 2.33. The second-order valence-corrected chi connectivity index (χ2v) is 5.29. The molecule has 0 radical (unpaired) electrons. The molecule has 6 heteroatoms. The molecular formula is C17H18N4O2. The minimum absolute atomic E-state index is 0.318. The molecule has 0 amide bonds. The number of nitrogens with zero attached hydrogens (tertiary/aromatic N) is 4. The molecule has 2 aromatic heterocycles. The van der Waals surface area contributed by atoms with Crippen LogP contribution < -0.4 is 0 Å². The highest BCUT2D eigenvalue weighted by atomic mass is 16.5. The average Bonchev–Trinajstić information content (AvgIpc) is 2.91. The maximum absolute atomic E-state index is 12.3. The van der Waals surface area contributed by atoms with Crippen LogP contribution in [0, 0.1) is 0 Å². The third-order valence-corrected chi connectivity index (χ3v) is 3.39. The summed E-state index contributed by atoms with van der Waals surface area (Å²) in [4.78, 5) is 23.0. The van der Waals surface area contributed by atoms with Crippen LogP contribution in [0.2, 0.25) is 0 Å². The summed E-state index contributed by atoms with van der Waals surface area (Å²) in [5, 5.41) is 0. The lowest BCUT2D eigenvalue weighted by Gasteiger charge is -2.10. The first-order valence-electron chi connectivity index (χ1n) is 7.39. The quantitative estimate of drug-likeness (QED) is 0.693. The molecule has 0 aliphatic rings. The van der Waals surface area contributed by atoms with E-state index in [2.05, 4.69) is 9.97 Å². The number of carbonyl (C=O) groups excluding carboxylic acids is 1. The van der Waals surface area contributed by atoms with E-state index < -0.39 is 5.97 Å². The van der Waals surface area contributed by atoms with Gasteiger partial charge in [0.05, 0.1) is 23.3 Å². The molecule has 3 rings (SSSR count). The van der Waals surface area contributed by atoms with Gasteiger partial charge in [-0.05, 0) is 25.1 Å². The zero-order valence-corrected chi connectivity index (χ0v) is 13.4. The van der Waals surface area contributed by atoms with E-state index in [1.807, 2.05) is 59.9 Å². The van der Waals surface area contributed by atoms with Crippen molar-refractivity contribution >= 4 is 28.9 Å². The zero-order chi connectivity index (χ0) is 16.4. The Hall–Kier alpha value is -2.89. The molecule has 0 spiro atoms. The first-order chi connectivity index (χ1) is 11.1. The van der Waals surface area contributed by atoms with E-state index in [0.29, 0.717) is 23.6 Å². The van der Waals surface area contributed by atoms with Gasteiger partial charge in [-0.25, -0.2) is 14.8 Å². The predicted octanol–water partition coefficient (Wildman–Crippen LogP) is 2.59. The van der Waals surface area contributed by atoms with Crippen LogP contribution >= 0.6 is 0 Å². The number of rotatable bonds is 4. The third-order valence-electron chi connectivity index (χ3n) is 3.39. The van der Waals surface area contributed by atoms with Gasteiger partial charge in [-0.15, -0.1) is 0 Å². The van der Waals surface area contributed by atoms with Gasteiger partial charge in [-0.1, -0.05) is 12.1 Å². The topological polar surface area (TPSA) is 59.7 Å². The number of carbonyl (C=O) groups is 1. The number of fused-ring (bicyclic) bond motifs is 3. The summed E-state index contributed by atoms with van der Waals surface area (Å²) >= 11 is 0. The van der Waals surface area contributed by atoms with Crippen molar-refractivity contribution in [3.63, 3.8) is 0 Å². The summed E-state index contributed by atoms with van der Waals surface area (Å²) in [6.45, 7) is 2.10. The van der Waals surface area contributed by atoms with Crippen molar-refractivity contribution in [2.75, 3.05) is 20.7 Å². The van der Waals surface area contributed by atoms with E-state index in [1.165, 1.54) is 6.20 Å². The van der Waals surface area contributed by atoms with Crippen LogP contribution in [0.5, 0.6) is 0 Å². The second kappa shape index (κ2) is 6.08. The van der Waals surface area contributed by atoms with E-state index in [0.717, 1.165) is 11.0 Å². The van der Waals surface area contributed by atoms with Gasteiger partial charge in [0.2, 0.25) is 5.78 Å². The normalized spacial score (nSPS) is 11.4. The highest BCUT2D eigenvalue weighted by molar-refractivity contribution is 5.94. The molecular weight excluding hydrogens is 292 g/mol. The summed E-state index contributed by atoms with van der Waals surface area (Å²) in [6, 6.07) is 7.75. The Kier molecular flexibility index (Phi) is 3.97. The fourth-order valence-corrected chi connectivity index (χ4v) is 2.40. The lowest BCUT2D eigenvalue weighted by Crippen LogP contribution is -2.11. The van der Waals surface area contributed by atoms with Gasteiger partial charge in [-0.3, -0.25) is 4.40 Å². The maximum atomic E-state index is 12.3. The Bertz CT molecular complexity index is 896. The van der Waals surface area contributed by atoms with Gasteiger partial charge < -0.3 is 9.64 Å². The first-order valence-corrected chi connectivity index (χ1v) is 7.39. The van der Waals surface area contributed by atoms with E-state index in [9.17, 15) is 4.79 Å². The summed E-state index contributed by atoms with van der Waals surface area (Å²) in [6.07, 6.45) is 5.27. The van der Waals surface area contributed by atoms with Gasteiger partial charge in [0.1, 0.15) is 5.56 Å². The predicted molar refractivity (Wildman–Crippen MR) is 89.2 cm³/mol. The number of benzene rings is 1. The number of imidazole rings is 1. The average molecular weight is 310 g/mol. The summed E-state index contributed by atoms with van der Waals surface area (Å²) < 4.78 is 7.03. The van der Waals surface area contributed by atoms with Crippen molar-refractivity contribution in [3.05, 3.63) is 47.9 Å². The summed E-state index contributed by atoms with van der Waals surface area (Å²) in [5.41, 5.74) is 2.86. The smallest absolute Gasteiger partial charge is 0.341 e. The van der Waals surface area contributed by atoms with Gasteiger partial charge in [0.25, 0.3) is 0 Å². The van der Waals surface area contributed by atoms with Crippen molar-refractivity contribution in [2.45, 2.75) is 6.92 Å². The number of aromatic nitrogens is 3. The lowest BCUT2D eigenvalue weighted by atomic mass is 10.2. The van der Waals surface area contributed by atoms with Crippen LogP contribution in [0.25, 0.3) is 22.9 Å². The zero-order valence-electron chi connectivity index (χ0n) is 13.4. The fourth-order valence-electron chi connectivity index (χ4n) is 2.40. The van der Waals surface area contributed by atoms with Crippen LogP contribution in [0.1, 0.15) is 23.0 Å². The molecule has 0 aliphatic heterocycles. The fraction of sp³-hybridized carbons (Fsp3) is 0.235. The molecule has 3 aromatic rings.